The van der Waals surface area contributed by atoms with Crippen LogP contribution in [0.15, 0.2) is 60.3 Å². The largest absolute Gasteiger partial charge is 0.478 e. The minimum Gasteiger partial charge on any atom is -0.478 e. The van der Waals surface area contributed by atoms with E-state index in [1.165, 1.54) is 19.1 Å². The molecule has 0 bridgehead atoms. The lowest BCUT2D eigenvalue weighted by Crippen LogP contribution is -1.95. The number of hydrogen-bond donors (Lipinski definition) is 1. The van der Waals surface area contributed by atoms with Crippen molar-refractivity contribution < 1.29 is 14.3 Å². The fourth-order valence-corrected chi connectivity index (χ4v) is 2.44. The molecule has 3 rings (SSSR count). The number of benzene rings is 2. The van der Waals surface area contributed by atoms with Gasteiger partial charge in [-0.3, -0.25) is 0 Å². The first-order chi connectivity index (χ1) is 10.6. The number of carbonyl (C=O) groups is 1. The number of hydrogen-bond acceptors (Lipinski definition) is 1. The average molecular weight is 295 g/mol. The summed E-state index contributed by atoms with van der Waals surface area (Å²) >= 11 is 0. The van der Waals surface area contributed by atoms with Gasteiger partial charge in [0.25, 0.3) is 0 Å². The van der Waals surface area contributed by atoms with Crippen molar-refractivity contribution in [3.8, 4) is 5.69 Å². The molecule has 1 heterocycles. The van der Waals surface area contributed by atoms with E-state index in [1.807, 2.05) is 41.1 Å². The molecule has 0 spiro atoms. The summed E-state index contributed by atoms with van der Waals surface area (Å²) < 4.78 is 15.5. The second kappa shape index (κ2) is 5.48. The molecule has 0 aliphatic rings. The highest BCUT2D eigenvalue weighted by atomic mass is 19.1. The lowest BCUT2D eigenvalue weighted by atomic mass is 10.1. The van der Waals surface area contributed by atoms with Crippen LogP contribution < -0.4 is 0 Å². The number of para-hydroxylation sites is 1. The molecule has 0 saturated carbocycles. The first-order valence-electron chi connectivity index (χ1n) is 6.84. The molecule has 0 radical (unpaired) electrons. The molecule has 0 fully saturated rings. The molecule has 0 saturated heterocycles. The van der Waals surface area contributed by atoms with Crippen LogP contribution >= 0.6 is 0 Å². The zero-order valence-corrected chi connectivity index (χ0v) is 12.0. The van der Waals surface area contributed by atoms with Gasteiger partial charge in [0.05, 0.1) is 5.52 Å². The number of halogens is 1. The fraction of sp³-hybridized carbons (Fsp3) is 0.0556. The predicted octanol–water partition coefficient (Wildman–Crippen LogP) is 4.26. The molecular weight excluding hydrogens is 281 g/mol. The molecule has 0 unspecified atom stereocenters. The van der Waals surface area contributed by atoms with Crippen molar-refractivity contribution in [2.24, 2.45) is 0 Å². The smallest absolute Gasteiger partial charge is 0.331 e. The van der Waals surface area contributed by atoms with Gasteiger partial charge in [-0.1, -0.05) is 18.2 Å². The van der Waals surface area contributed by atoms with Crippen LogP contribution in [0.3, 0.4) is 0 Å². The van der Waals surface area contributed by atoms with Gasteiger partial charge in [-0.15, -0.1) is 0 Å². The number of aromatic nitrogens is 1. The zero-order valence-electron chi connectivity index (χ0n) is 12.0. The molecule has 3 nitrogen and oxygen atoms in total. The molecule has 0 aliphatic carbocycles. The molecule has 1 aromatic heterocycles. The maximum absolute atomic E-state index is 13.6. The van der Waals surface area contributed by atoms with E-state index in [4.69, 9.17) is 5.11 Å². The normalized spacial score (nSPS) is 11.8. The molecule has 0 aliphatic heterocycles. The Labute approximate surface area is 126 Å². The number of rotatable bonds is 3. The van der Waals surface area contributed by atoms with Crippen LogP contribution in [0.5, 0.6) is 0 Å². The van der Waals surface area contributed by atoms with Crippen molar-refractivity contribution in [1.82, 2.24) is 4.57 Å². The second-order valence-electron chi connectivity index (χ2n) is 5.08. The number of carboxylic acid groups (broad SMARTS) is 1. The van der Waals surface area contributed by atoms with Gasteiger partial charge in [-0.2, -0.15) is 0 Å². The number of fused-ring (bicyclic) bond motifs is 1. The summed E-state index contributed by atoms with van der Waals surface area (Å²) in [6, 6.07) is 14.1. The van der Waals surface area contributed by atoms with Crippen molar-refractivity contribution in [1.29, 1.82) is 0 Å². The highest BCUT2D eigenvalue weighted by molar-refractivity contribution is 5.97. The highest BCUT2D eigenvalue weighted by Crippen LogP contribution is 2.27. The molecule has 2 aromatic carbocycles. The molecule has 4 heteroatoms. The Hall–Kier alpha value is -2.88. The van der Waals surface area contributed by atoms with Gasteiger partial charge in [0.15, 0.2) is 0 Å². The topological polar surface area (TPSA) is 42.2 Å². The van der Waals surface area contributed by atoms with Crippen molar-refractivity contribution in [2.45, 2.75) is 6.92 Å². The van der Waals surface area contributed by atoms with Crippen LogP contribution in [0.1, 0.15) is 12.5 Å². The maximum atomic E-state index is 13.6. The van der Waals surface area contributed by atoms with E-state index >= 15 is 0 Å². The van der Waals surface area contributed by atoms with Crippen molar-refractivity contribution in [2.75, 3.05) is 0 Å². The van der Waals surface area contributed by atoms with E-state index in [9.17, 15) is 9.18 Å². The summed E-state index contributed by atoms with van der Waals surface area (Å²) in [6.45, 7) is 1.54. The highest BCUT2D eigenvalue weighted by Gasteiger charge is 2.11. The Bertz CT molecular complexity index is 879. The van der Waals surface area contributed by atoms with Crippen LogP contribution in [0.2, 0.25) is 0 Å². The maximum Gasteiger partial charge on any atom is 0.331 e. The zero-order chi connectivity index (χ0) is 15.7. The summed E-state index contributed by atoms with van der Waals surface area (Å²) in [5.41, 5.74) is 2.58. The Morgan fingerprint density at radius 3 is 2.59 bits per heavy atom. The Morgan fingerprint density at radius 1 is 1.18 bits per heavy atom. The minimum absolute atomic E-state index is 0.233. The van der Waals surface area contributed by atoms with Gasteiger partial charge < -0.3 is 9.67 Å². The van der Waals surface area contributed by atoms with Gasteiger partial charge in [0.1, 0.15) is 5.82 Å². The summed E-state index contributed by atoms with van der Waals surface area (Å²) in [4.78, 5) is 11.0. The average Bonchev–Trinajstić information content (AvgIpc) is 2.86. The third-order valence-corrected chi connectivity index (χ3v) is 3.54. The van der Waals surface area contributed by atoms with Gasteiger partial charge in [0, 0.05) is 28.4 Å². The summed E-state index contributed by atoms with van der Waals surface area (Å²) in [5, 5.41) is 9.86. The number of nitrogens with zero attached hydrogens (tertiary/aromatic N) is 1. The standard InChI is InChI=1S/C18H14FNO2/c1-12(18(21)22)9-13-11-20(15-5-3-2-4-6-15)17-10-14(19)7-8-16(13)17/h2-11H,1H3,(H,21,22)/b12-9+. The molecule has 3 aromatic rings. The molecule has 1 N–H and O–H groups in total. The molecule has 0 atom stereocenters. The van der Waals surface area contributed by atoms with Crippen LogP contribution in [0, 0.1) is 5.82 Å². The third kappa shape index (κ3) is 2.51. The monoisotopic (exact) mass is 295 g/mol. The van der Waals surface area contributed by atoms with Crippen molar-refractivity contribution in [3.05, 3.63) is 71.7 Å². The molecular formula is C18H14FNO2. The Balaban J connectivity index is 2.28. The molecule has 110 valence electrons. The Morgan fingerprint density at radius 2 is 1.91 bits per heavy atom. The second-order valence-corrected chi connectivity index (χ2v) is 5.08. The SMILES string of the molecule is C/C(=C\c1cn(-c2ccccc2)c2cc(F)ccc12)C(=O)O. The van der Waals surface area contributed by atoms with Crippen molar-refractivity contribution >= 4 is 22.9 Å². The third-order valence-electron chi connectivity index (χ3n) is 3.54. The van der Waals surface area contributed by atoms with E-state index in [0.29, 0.717) is 5.52 Å². The van der Waals surface area contributed by atoms with E-state index < -0.39 is 5.97 Å². The fourth-order valence-electron chi connectivity index (χ4n) is 2.44. The van der Waals surface area contributed by atoms with Gasteiger partial charge in [-0.05, 0) is 43.3 Å². The van der Waals surface area contributed by atoms with Gasteiger partial charge in [0.2, 0.25) is 0 Å². The minimum atomic E-state index is -0.970. The van der Waals surface area contributed by atoms with Gasteiger partial charge >= 0.3 is 5.97 Å². The van der Waals surface area contributed by atoms with Crippen molar-refractivity contribution in [3.63, 3.8) is 0 Å². The van der Waals surface area contributed by atoms with E-state index in [2.05, 4.69) is 0 Å². The predicted molar refractivity (Wildman–Crippen MR) is 84.5 cm³/mol. The van der Waals surface area contributed by atoms with Crippen LogP contribution in [0.25, 0.3) is 22.7 Å². The van der Waals surface area contributed by atoms with Gasteiger partial charge in [-0.25, -0.2) is 9.18 Å². The van der Waals surface area contributed by atoms with E-state index in [-0.39, 0.29) is 11.4 Å². The lowest BCUT2D eigenvalue weighted by Gasteiger charge is -2.04. The first kappa shape index (κ1) is 14.1. The first-order valence-corrected chi connectivity index (χ1v) is 6.84. The van der Waals surface area contributed by atoms with E-state index in [0.717, 1.165) is 16.6 Å². The van der Waals surface area contributed by atoms with Crippen LogP contribution in [-0.2, 0) is 4.79 Å². The number of carboxylic acids is 1. The summed E-state index contributed by atoms with van der Waals surface area (Å²) in [5.74, 6) is -1.30. The lowest BCUT2D eigenvalue weighted by molar-refractivity contribution is -0.132. The van der Waals surface area contributed by atoms with Crippen LogP contribution in [-0.4, -0.2) is 15.6 Å². The molecule has 22 heavy (non-hydrogen) atoms. The molecule has 0 amide bonds. The quantitative estimate of drug-likeness (QED) is 0.734. The Kier molecular flexibility index (Phi) is 3.51. The summed E-state index contributed by atoms with van der Waals surface area (Å²) in [7, 11) is 0. The van der Waals surface area contributed by atoms with E-state index in [1.54, 1.807) is 12.1 Å². The number of aliphatic carboxylic acids is 1. The van der Waals surface area contributed by atoms with Crippen LogP contribution in [0.4, 0.5) is 4.39 Å². The summed E-state index contributed by atoms with van der Waals surface area (Å²) in [6.07, 6.45) is 3.42.